The Hall–Kier alpha value is -0.160. The van der Waals surface area contributed by atoms with Gasteiger partial charge in [0.05, 0.1) is 25.9 Å². The van der Waals surface area contributed by atoms with Gasteiger partial charge in [-0.3, -0.25) is 0 Å². The van der Waals surface area contributed by atoms with Crippen LogP contribution in [0.2, 0.25) is 0 Å². The third kappa shape index (κ3) is 8.20. The van der Waals surface area contributed by atoms with E-state index in [0.29, 0.717) is 32.4 Å². The second kappa shape index (κ2) is 11.5. The van der Waals surface area contributed by atoms with Gasteiger partial charge in [-0.2, -0.15) is 0 Å². The second-order valence-corrected chi connectivity index (χ2v) is 5.94. The van der Waals surface area contributed by atoms with Gasteiger partial charge in [-0.1, -0.05) is 26.2 Å². The van der Waals surface area contributed by atoms with Crippen LogP contribution in [0.4, 0.5) is 0 Å². The summed E-state index contributed by atoms with van der Waals surface area (Å²) < 4.78 is 10.8. The number of hydrogen-bond acceptors (Lipinski definition) is 4. The third-order valence-corrected chi connectivity index (χ3v) is 4.11. The summed E-state index contributed by atoms with van der Waals surface area (Å²) >= 11 is 0. The van der Waals surface area contributed by atoms with Crippen molar-refractivity contribution in [3.8, 4) is 0 Å². The van der Waals surface area contributed by atoms with Crippen LogP contribution < -0.4 is 5.32 Å². The molecule has 1 aliphatic carbocycles. The number of unbranched alkanes of at least 4 members (excludes halogenated alkanes) is 1. The summed E-state index contributed by atoms with van der Waals surface area (Å²) in [5.41, 5.74) is 0. The Morgan fingerprint density at radius 1 is 1.15 bits per heavy atom. The topological polar surface area (TPSA) is 50.7 Å². The Kier molecular flexibility index (Phi) is 10.3. The Labute approximate surface area is 124 Å². The molecule has 0 aromatic carbocycles. The number of aliphatic hydroxyl groups excluding tert-OH is 1. The van der Waals surface area contributed by atoms with Crippen LogP contribution in [0.25, 0.3) is 0 Å². The van der Waals surface area contributed by atoms with E-state index in [0.717, 1.165) is 25.4 Å². The molecular formula is C16H33NO3. The maximum Gasteiger partial charge on any atom is 0.0897 e. The molecule has 0 bridgehead atoms. The van der Waals surface area contributed by atoms with Gasteiger partial charge in [0, 0.05) is 19.2 Å². The quantitative estimate of drug-likeness (QED) is 0.541. The van der Waals surface area contributed by atoms with Crippen LogP contribution in [0.3, 0.4) is 0 Å². The van der Waals surface area contributed by atoms with Crippen LogP contribution >= 0.6 is 0 Å². The van der Waals surface area contributed by atoms with Crippen molar-refractivity contribution in [2.24, 2.45) is 5.92 Å². The fourth-order valence-electron chi connectivity index (χ4n) is 2.69. The summed E-state index contributed by atoms with van der Waals surface area (Å²) in [5.74, 6) is 0.787. The molecule has 20 heavy (non-hydrogen) atoms. The van der Waals surface area contributed by atoms with Crippen LogP contribution in [0.15, 0.2) is 0 Å². The minimum Gasteiger partial charge on any atom is -0.389 e. The van der Waals surface area contributed by atoms with Gasteiger partial charge < -0.3 is 19.9 Å². The zero-order chi connectivity index (χ0) is 14.6. The van der Waals surface area contributed by atoms with Gasteiger partial charge in [0.2, 0.25) is 0 Å². The lowest BCUT2D eigenvalue weighted by Gasteiger charge is -2.22. The molecule has 0 amide bonds. The molecule has 0 radical (unpaired) electrons. The Bertz CT molecular complexity index is 220. The van der Waals surface area contributed by atoms with Crippen molar-refractivity contribution >= 4 is 0 Å². The summed E-state index contributed by atoms with van der Waals surface area (Å²) in [5, 5.41) is 13.3. The molecule has 1 aliphatic rings. The van der Waals surface area contributed by atoms with Gasteiger partial charge in [0.1, 0.15) is 0 Å². The standard InChI is InChI=1S/C16H33NO3/c1-3-4-9-19-10-11-20-13-16(18)12-17-14(2)15-7-5-6-8-15/h14-18H,3-13H2,1-2H3/t14-,16?/m1/s1. The molecule has 0 spiro atoms. The van der Waals surface area contributed by atoms with Gasteiger partial charge in [0.25, 0.3) is 0 Å². The fourth-order valence-corrected chi connectivity index (χ4v) is 2.69. The molecule has 2 N–H and O–H groups in total. The number of ether oxygens (including phenoxy) is 2. The first kappa shape index (κ1) is 17.9. The van der Waals surface area contributed by atoms with E-state index in [1.165, 1.54) is 25.7 Å². The lowest BCUT2D eigenvalue weighted by atomic mass is 10.00. The highest BCUT2D eigenvalue weighted by Crippen LogP contribution is 2.27. The van der Waals surface area contributed by atoms with Crippen molar-refractivity contribution < 1.29 is 14.6 Å². The molecule has 120 valence electrons. The summed E-state index contributed by atoms with van der Waals surface area (Å²) in [6.07, 6.45) is 7.22. The Morgan fingerprint density at radius 2 is 1.85 bits per heavy atom. The second-order valence-electron chi connectivity index (χ2n) is 5.94. The molecule has 0 saturated heterocycles. The highest BCUT2D eigenvalue weighted by atomic mass is 16.5. The average Bonchev–Trinajstić information content (AvgIpc) is 2.98. The SMILES string of the molecule is CCCCOCCOCC(O)CN[C@H](C)C1CCCC1. The van der Waals surface area contributed by atoms with Crippen molar-refractivity contribution in [2.75, 3.05) is 33.0 Å². The van der Waals surface area contributed by atoms with Crippen molar-refractivity contribution in [3.63, 3.8) is 0 Å². The minimum atomic E-state index is -0.422. The highest BCUT2D eigenvalue weighted by Gasteiger charge is 2.21. The molecule has 0 heterocycles. The van der Waals surface area contributed by atoms with E-state index in [4.69, 9.17) is 9.47 Å². The number of hydrogen-bond donors (Lipinski definition) is 2. The van der Waals surface area contributed by atoms with Crippen molar-refractivity contribution in [1.29, 1.82) is 0 Å². The lowest BCUT2D eigenvalue weighted by molar-refractivity contribution is 0.00287. The van der Waals surface area contributed by atoms with E-state index >= 15 is 0 Å². The zero-order valence-corrected chi connectivity index (χ0v) is 13.3. The zero-order valence-electron chi connectivity index (χ0n) is 13.3. The van der Waals surface area contributed by atoms with Gasteiger partial charge in [-0.15, -0.1) is 0 Å². The van der Waals surface area contributed by atoms with E-state index in [2.05, 4.69) is 19.2 Å². The molecule has 0 aromatic heterocycles. The number of nitrogens with one attached hydrogen (secondary N) is 1. The average molecular weight is 287 g/mol. The first-order valence-corrected chi connectivity index (χ1v) is 8.31. The van der Waals surface area contributed by atoms with Crippen molar-refractivity contribution in [3.05, 3.63) is 0 Å². The van der Waals surface area contributed by atoms with Crippen LogP contribution in [0.1, 0.15) is 52.4 Å². The largest absolute Gasteiger partial charge is 0.389 e. The lowest BCUT2D eigenvalue weighted by Crippen LogP contribution is -2.39. The van der Waals surface area contributed by atoms with E-state index in [1.807, 2.05) is 0 Å². The van der Waals surface area contributed by atoms with E-state index in [1.54, 1.807) is 0 Å². The minimum absolute atomic E-state index is 0.390. The molecular weight excluding hydrogens is 254 g/mol. The maximum atomic E-state index is 9.85. The summed E-state index contributed by atoms with van der Waals surface area (Å²) in [6, 6.07) is 0.504. The van der Waals surface area contributed by atoms with Crippen LogP contribution in [-0.2, 0) is 9.47 Å². The molecule has 1 saturated carbocycles. The van der Waals surface area contributed by atoms with Gasteiger partial charge in [-0.25, -0.2) is 0 Å². The molecule has 4 nitrogen and oxygen atoms in total. The summed E-state index contributed by atoms with van der Waals surface area (Å²) in [4.78, 5) is 0. The molecule has 2 atom stereocenters. The first-order chi connectivity index (χ1) is 9.74. The van der Waals surface area contributed by atoms with Crippen LogP contribution in [0.5, 0.6) is 0 Å². The van der Waals surface area contributed by atoms with Crippen molar-refractivity contribution in [2.45, 2.75) is 64.5 Å². The maximum absolute atomic E-state index is 9.85. The summed E-state index contributed by atoms with van der Waals surface area (Å²) in [7, 11) is 0. The highest BCUT2D eigenvalue weighted by molar-refractivity contribution is 4.78. The monoisotopic (exact) mass is 287 g/mol. The number of rotatable bonds is 12. The molecule has 0 aromatic rings. The molecule has 0 aliphatic heterocycles. The predicted octanol–water partition coefficient (Wildman–Crippen LogP) is 2.35. The number of aliphatic hydroxyl groups is 1. The molecule has 1 unspecified atom stereocenters. The Balaban J connectivity index is 1.90. The Morgan fingerprint density at radius 3 is 2.55 bits per heavy atom. The van der Waals surface area contributed by atoms with E-state index < -0.39 is 6.10 Å². The first-order valence-electron chi connectivity index (χ1n) is 8.31. The van der Waals surface area contributed by atoms with Gasteiger partial charge in [0.15, 0.2) is 0 Å². The van der Waals surface area contributed by atoms with Gasteiger partial charge >= 0.3 is 0 Å². The molecule has 4 heteroatoms. The van der Waals surface area contributed by atoms with Crippen molar-refractivity contribution in [1.82, 2.24) is 5.32 Å². The van der Waals surface area contributed by atoms with E-state index in [9.17, 15) is 5.11 Å². The van der Waals surface area contributed by atoms with Gasteiger partial charge in [-0.05, 0) is 32.1 Å². The van der Waals surface area contributed by atoms with Crippen LogP contribution in [-0.4, -0.2) is 50.2 Å². The fraction of sp³-hybridized carbons (Fsp3) is 1.00. The smallest absolute Gasteiger partial charge is 0.0897 e. The molecule has 1 fully saturated rings. The summed E-state index contributed by atoms with van der Waals surface area (Å²) in [6.45, 7) is 7.39. The predicted molar refractivity (Wildman–Crippen MR) is 82.0 cm³/mol. The van der Waals surface area contributed by atoms with Crippen LogP contribution in [0, 0.1) is 5.92 Å². The molecule has 1 rings (SSSR count). The third-order valence-electron chi connectivity index (χ3n) is 4.11. The van der Waals surface area contributed by atoms with E-state index in [-0.39, 0.29) is 0 Å². The normalized spacial score (nSPS) is 19.4.